The molecule has 1 saturated heterocycles. The maximum Gasteiger partial charge on any atom is 0.261 e. The Labute approximate surface area is 173 Å². The summed E-state index contributed by atoms with van der Waals surface area (Å²) in [4.78, 5) is 17.5. The van der Waals surface area contributed by atoms with Crippen molar-refractivity contribution in [1.82, 2.24) is 4.90 Å². The SMILES string of the molecule is COc1cc(OC)c(C(=O)N(C)C2CCN(c3ccc(C)cc3)CC2)c(OC)c1. The molecule has 0 saturated carbocycles. The van der Waals surface area contributed by atoms with E-state index >= 15 is 0 Å². The fourth-order valence-electron chi connectivity index (χ4n) is 3.83. The molecular weight excluding hydrogens is 368 g/mol. The Kier molecular flexibility index (Phi) is 6.52. The first kappa shape index (κ1) is 20.8. The van der Waals surface area contributed by atoms with E-state index in [1.165, 1.54) is 11.3 Å². The van der Waals surface area contributed by atoms with Gasteiger partial charge in [-0.15, -0.1) is 0 Å². The molecular formula is C23H30N2O4. The van der Waals surface area contributed by atoms with E-state index in [4.69, 9.17) is 14.2 Å². The Morgan fingerprint density at radius 2 is 1.52 bits per heavy atom. The first-order valence-electron chi connectivity index (χ1n) is 9.87. The molecule has 1 fully saturated rings. The Morgan fingerprint density at radius 1 is 0.966 bits per heavy atom. The minimum absolute atomic E-state index is 0.102. The molecule has 6 heteroatoms. The van der Waals surface area contributed by atoms with Gasteiger partial charge < -0.3 is 24.0 Å². The average Bonchev–Trinajstić information content (AvgIpc) is 2.77. The largest absolute Gasteiger partial charge is 0.496 e. The lowest BCUT2D eigenvalue weighted by Crippen LogP contribution is -2.45. The van der Waals surface area contributed by atoms with E-state index in [0.29, 0.717) is 22.8 Å². The second kappa shape index (κ2) is 9.07. The zero-order chi connectivity index (χ0) is 21.0. The number of rotatable bonds is 6. The van der Waals surface area contributed by atoms with Gasteiger partial charge in [-0.1, -0.05) is 17.7 Å². The number of benzene rings is 2. The molecule has 3 rings (SSSR count). The summed E-state index contributed by atoms with van der Waals surface area (Å²) in [6.07, 6.45) is 1.83. The van der Waals surface area contributed by atoms with E-state index in [9.17, 15) is 4.79 Å². The lowest BCUT2D eigenvalue weighted by atomic mass is 10.0. The molecule has 0 aromatic heterocycles. The predicted molar refractivity (Wildman–Crippen MR) is 115 cm³/mol. The fraction of sp³-hybridized carbons (Fsp3) is 0.435. The Bertz CT molecular complexity index is 817. The average molecular weight is 399 g/mol. The third-order valence-corrected chi connectivity index (χ3v) is 5.66. The number of carbonyl (C=O) groups excluding carboxylic acids is 1. The van der Waals surface area contributed by atoms with E-state index in [1.54, 1.807) is 33.5 Å². The van der Waals surface area contributed by atoms with Gasteiger partial charge in [-0.25, -0.2) is 0 Å². The first-order chi connectivity index (χ1) is 14.0. The highest BCUT2D eigenvalue weighted by Gasteiger charge is 2.30. The molecule has 0 atom stereocenters. The van der Waals surface area contributed by atoms with E-state index in [0.717, 1.165) is 25.9 Å². The van der Waals surface area contributed by atoms with Gasteiger partial charge in [-0.2, -0.15) is 0 Å². The minimum Gasteiger partial charge on any atom is -0.496 e. The van der Waals surface area contributed by atoms with E-state index < -0.39 is 0 Å². The van der Waals surface area contributed by atoms with Crippen LogP contribution in [0.15, 0.2) is 36.4 Å². The number of piperidine rings is 1. The summed E-state index contributed by atoms with van der Waals surface area (Å²) >= 11 is 0. The molecule has 1 heterocycles. The lowest BCUT2D eigenvalue weighted by Gasteiger charge is -2.38. The summed E-state index contributed by atoms with van der Waals surface area (Å²) in [5.41, 5.74) is 2.93. The maximum absolute atomic E-state index is 13.3. The molecule has 2 aromatic carbocycles. The van der Waals surface area contributed by atoms with Crippen molar-refractivity contribution >= 4 is 11.6 Å². The zero-order valence-electron chi connectivity index (χ0n) is 17.9. The minimum atomic E-state index is -0.102. The van der Waals surface area contributed by atoms with Crippen molar-refractivity contribution in [3.63, 3.8) is 0 Å². The van der Waals surface area contributed by atoms with Gasteiger partial charge in [0.2, 0.25) is 0 Å². The van der Waals surface area contributed by atoms with Gasteiger partial charge in [0, 0.05) is 44.0 Å². The van der Waals surface area contributed by atoms with Crippen molar-refractivity contribution in [2.45, 2.75) is 25.8 Å². The number of aryl methyl sites for hydroxylation is 1. The van der Waals surface area contributed by atoms with Crippen LogP contribution in [0.2, 0.25) is 0 Å². The highest BCUT2D eigenvalue weighted by atomic mass is 16.5. The molecule has 0 unspecified atom stereocenters. The molecule has 0 bridgehead atoms. The van der Waals surface area contributed by atoms with Gasteiger partial charge in [0.25, 0.3) is 5.91 Å². The van der Waals surface area contributed by atoms with Crippen LogP contribution in [0.3, 0.4) is 0 Å². The van der Waals surface area contributed by atoms with Crippen molar-refractivity contribution < 1.29 is 19.0 Å². The van der Waals surface area contributed by atoms with Gasteiger partial charge in [-0.3, -0.25) is 4.79 Å². The third kappa shape index (κ3) is 4.42. The quantitative estimate of drug-likeness (QED) is 0.742. The summed E-state index contributed by atoms with van der Waals surface area (Å²) < 4.78 is 16.2. The van der Waals surface area contributed by atoms with E-state index in [1.807, 2.05) is 11.9 Å². The van der Waals surface area contributed by atoms with Crippen molar-refractivity contribution in [3.05, 3.63) is 47.5 Å². The van der Waals surface area contributed by atoms with Gasteiger partial charge in [0.1, 0.15) is 22.8 Å². The van der Waals surface area contributed by atoms with Crippen LogP contribution in [-0.4, -0.2) is 58.3 Å². The number of methoxy groups -OCH3 is 3. The molecule has 0 aliphatic carbocycles. The topological polar surface area (TPSA) is 51.2 Å². The lowest BCUT2D eigenvalue weighted by molar-refractivity contribution is 0.0702. The number of anilines is 1. The van der Waals surface area contributed by atoms with Gasteiger partial charge in [0.05, 0.1) is 21.3 Å². The Hall–Kier alpha value is -2.89. The fourth-order valence-corrected chi connectivity index (χ4v) is 3.83. The van der Waals surface area contributed by atoms with Crippen LogP contribution in [0, 0.1) is 6.92 Å². The number of carbonyl (C=O) groups is 1. The summed E-state index contributed by atoms with van der Waals surface area (Å²) in [6.45, 7) is 3.93. The second-order valence-corrected chi connectivity index (χ2v) is 7.38. The Morgan fingerprint density at radius 3 is 2.00 bits per heavy atom. The predicted octanol–water partition coefficient (Wildman–Crippen LogP) is 3.76. The molecule has 156 valence electrons. The van der Waals surface area contributed by atoms with Crippen LogP contribution in [-0.2, 0) is 0 Å². The number of hydrogen-bond donors (Lipinski definition) is 0. The summed E-state index contributed by atoms with van der Waals surface area (Å²) in [5.74, 6) is 1.39. The monoisotopic (exact) mass is 398 g/mol. The van der Waals surface area contributed by atoms with E-state index in [-0.39, 0.29) is 11.9 Å². The number of nitrogens with zero attached hydrogens (tertiary/aromatic N) is 2. The molecule has 1 aliphatic rings. The van der Waals surface area contributed by atoms with Crippen LogP contribution >= 0.6 is 0 Å². The normalized spacial score (nSPS) is 14.4. The number of ether oxygens (including phenoxy) is 3. The standard InChI is InChI=1S/C23H30N2O4/c1-16-6-8-18(9-7-16)25-12-10-17(11-13-25)24(2)23(26)22-20(28-4)14-19(27-3)15-21(22)29-5/h6-9,14-15,17H,10-13H2,1-5H3. The van der Waals surface area contributed by atoms with Crippen LogP contribution in [0.25, 0.3) is 0 Å². The molecule has 6 nitrogen and oxygen atoms in total. The number of hydrogen-bond acceptors (Lipinski definition) is 5. The van der Waals surface area contributed by atoms with Crippen molar-refractivity contribution in [1.29, 1.82) is 0 Å². The second-order valence-electron chi connectivity index (χ2n) is 7.38. The van der Waals surface area contributed by atoms with E-state index in [2.05, 4.69) is 36.1 Å². The van der Waals surface area contributed by atoms with Crippen LogP contribution in [0.4, 0.5) is 5.69 Å². The smallest absolute Gasteiger partial charge is 0.261 e. The summed E-state index contributed by atoms with van der Waals surface area (Å²) in [7, 11) is 6.53. The van der Waals surface area contributed by atoms with Gasteiger partial charge in [0.15, 0.2) is 0 Å². The van der Waals surface area contributed by atoms with Gasteiger partial charge in [-0.05, 0) is 31.9 Å². The summed E-state index contributed by atoms with van der Waals surface area (Å²) in [6, 6.07) is 12.2. The highest BCUT2D eigenvalue weighted by molar-refractivity contribution is 6.00. The highest BCUT2D eigenvalue weighted by Crippen LogP contribution is 2.35. The molecule has 0 radical (unpaired) electrons. The molecule has 29 heavy (non-hydrogen) atoms. The molecule has 0 spiro atoms. The summed E-state index contributed by atoms with van der Waals surface area (Å²) in [5, 5.41) is 0. The molecule has 2 aromatic rings. The van der Waals surface area contributed by atoms with Crippen molar-refractivity contribution in [2.24, 2.45) is 0 Å². The number of amides is 1. The van der Waals surface area contributed by atoms with Crippen molar-refractivity contribution in [2.75, 3.05) is 46.4 Å². The first-order valence-corrected chi connectivity index (χ1v) is 9.87. The van der Waals surface area contributed by atoms with Gasteiger partial charge >= 0.3 is 0 Å². The third-order valence-electron chi connectivity index (χ3n) is 5.66. The van der Waals surface area contributed by atoms with Crippen LogP contribution in [0.5, 0.6) is 17.2 Å². The van der Waals surface area contributed by atoms with Crippen LogP contribution in [0.1, 0.15) is 28.8 Å². The Balaban J connectivity index is 1.73. The van der Waals surface area contributed by atoms with Crippen LogP contribution < -0.4 is 19.1 Å². The van der Waals surface area contributed by atoms with Crippen molar-refractivity contribution in [3.8, 4) is 17.2 Å². The maximum atomic E-state index is 13.3. The molecule has 1 amide bonds. The zero-order valence-corrected chi connectivity index (χ0v) is 17.9. The molecule has 1 aliphatic heterocycles. The molecule has 0 N–H and O–H groups in total.